The second kappa shape index (κ2) is 8.20. The molecule has 0 saturated carbocycles. The van der Waals surface area contributed by atoms with Gasteiger partial charge in [-0.25, -0.2) is 0 Å². The third-order valence-corrected chi connectivity index (χ3v) is 3.89. The van der Waals surface area contributed by atoms with Gasteiger partial charge in [0.25, 0.3) is 0 Å². The highest BCUT2D eigenvalue weighted by Gasteiger charge is 1.97. The van der Waals surface area contributed by atoms with Crippen LogP contribution in [-0.2, 0) is 4.74 Å². The van der Waals surface area contributed by atoms with Gasteiger partial charge in [0.1, 0.15) is 0 Å². The van der Waals surface area contributed by atoms with Crippen molar-refractivity contribution in [3.05, 3.63) is 42.5 Å². The maximum absolute atomic E-state index is 5.28. The molecule has 0 aliphatic carbocycles. The Bertz CT molecular complexity index is 501. The quantitative estimate of drug-likeness (QED) is 0.588. The van der Waals surface area contributed by atoms with Crippen LogP contribution in [0.25, 0.3) is 10.8 Å². The average molecular weight is 275 g/mol. The molecule has 0 amide bonds. The zero-order valence-electron chi connectivity index (χ0n) is 11.4. The smallest absolute Gasteiger partial charge is 0.0590 e. The van der Waals surface area contributed by atoms with E-state index >= 15 is 0 Å². The molecule has 0 fully saturated rings. The maximum Gasteiger partial charge on any atom is 0.0590 e. The van der Waals surface area contributed by atoms with Gasteiger partial charge in [0.05, 0.1) is 6.61 Å². The van der Waals surface area contributed by atoms with E-state index in [0.29, 0.717) is 0 Å². The lowest BCUT2D eigenvalue weighted by molar-refractivity contribution is 0.150. The van der Waals surface area contributed by atoms with Gasteiger partial charge in [-0.2, -0.15) is 0 Å². The van der Waals surface area contributed by atoms with Crippen molar-refractivity contribution in [2.75, 3.05) is 32.1 Å². The fourth-order valence-electron chi connectivity index (χ4n) is 1.91. The molecule has 0 unspecified atom stereocenters. The zero-order valence-corrected chi connectivity index (χ0v) is 12.2. The van der Waals surface area contributed by atoms with Crippen molar-refractivity contribution in [1.82, 2.24) is 5.32 Å². The van der Waals surface area contributed by atoms with E-state index in [1.165, 1.54) is 15.7 Å². The number of nitrogens with one attached hydrogen (secondary N) is 1. The summed E-state index contributed by atoms with van der Waals surface area (Å²) in [5.41, 5.74) is 0. The topological polar surface area (TPSA) is 21.3 Å². The molecular weight excluding hydrogens is 254 g/mol. The summed E-state index contributed by atoms with van der Waals surface area (Å²) in [6.45, 7) is 5.58. The van der Waals surface area contributed by atoms with Crippen molar-refractivity contribution >= 4 is 22.5 Å². The van der Waals surface area contributed by atoms with Crippen molar-refractivity contribution in [3.8, 4) is 0 Å². The molecule has 0 spiro atoms. The summed E-state index contributed by atoms with van der Waals surface area (Å²) in [6, 6.07) is 15.1. The van der Waals surface area contributed by atoms with Crippen LogP contribution in [0.3, 0.4) is 0 Å². The predicted octanol–water partition coefficient (Wildman–Crippen LogP) is 3.56. The van der Waals surface area contributed by atoms with Gasteiger partial charge in [0.2, 0.25) is 0 Å². The summed E-state index contributed by atoms with van der Waals surface area (Å²) in [5, 5.41) is 6.01. The molecule has 2 nitrogen and oxygen atoms in total. The molecule has 0 atom stereocenters. The highest BCUT2D eigenvalue weighted by atomic mass is 32.2. The first kappa shape index (κ1) is 14.4. The number of hydrogen-bond donors (Lipinski definition) is 1. The summed E-state index contributed by atoms with van der Waals surface area (Å²) in [4.78, 5) is 1.34. The normalized spacial score (nSPS) is 11.0. The zero-order chi connectivity index (χ0) is 13.3. The molecule has 0 saturated heterocycles. The summed E-state index contributed by atoms with van der Waals surface area (Å²) in [5.74, 6) is 1.09. The number of thioether (sulfide) groups is 1. The van der Waals surface area contributed by atoms with E-state index in [1.54, 1.807) is 0 Å². The molecule has 0 radical (unpaired) electrons. The Kier molecular flexibility index (Phi) is 6.21. The van der Waals surface area contributed by atoms with Crippen LogP contribution >= 0.6 is 11.8 Å². The molecule has 19 heavy (non-hydrogen) atoms. The summed E-state index contributed by atoms with van der Waals surface area (Å²) in [7, 11) is 0. The fourth-order valence-corrected chi connectivity index (χ4v) is 2.77. The van der Waals surface area contributed by atoms with Crippen molar-refractivity contribution in [2.45, 2.75) is 11.8 Å². The van der Waals surface area contributed by atoms with E-state index in [0.717, 1.165) is 32.1 Å². The number of rotatable bonds is 8. The fraction of sp³-hybridized carbons (Fsp3) is 0.375. The molecule has 0 heterocycles. The van der Waals surface area contributed by atoms with Crippen molar-refractivity contribution in [1.29, 1.82) is 0 Å². The SMILES string of the molecule is CCOCCNCCSc1ccc2ccccc2c1. The molecular formula is C16H21NOS. The monoisotopic (exact) mass is 275 g/mol. The van der Waals surface area contributed by atoms with E-state index in [9.17, 15) is 0 Å². The highest BCUT2D eigenvalue weighted by Crippen LogP contribution is 2.23. The van der Waals surface area contributed by atoms with Gasteiger partial charge in [-0.15, -0.1) is 11.8 Å². The minimum Gasteiger partial charge on any atom is -0.380 e. The van der Waals surface area contributed by atoms with Crippen LogP contribution in [0, 0.1) is 0 Å². The van der Waals surface area contributed by atoms with Gasteiger partial charge in [-0.3, -0.25) is 0 Å². The van der Waals surface area contributed by atoms with Crippen LogP contribution < -0.4 is 5.32 Å². The molecule has 2 rings (SSSR count). The highest BCUT2D eigenvalue weighted by molar-refractivity contribution is 7.99. The van der Waals surface area contributed by atoms with Crippen LogP contribution in [0.15, 0.2) is 47.4 Å². The Morgan fingerprint density at radius 3 is 2.74 bits per heavy atom. The van der Waals surface area contributed by atoms with E-state index in [-0.39, 0.29) is 0 Å². The summed E-state index contributed by atoms with van der Waals surface area (Å²) in [6.07, 6.45) is 0. The number of ether oxygens (including phenoxy) is 1. The number of fused-ring (bicyclic) bond motifs is 1. The number of hydrogen-bond acceptors (Lipinski definition) is 3. The first-order valence-corrected chi connectivity index (χ1v) is 7.79. The standard InChI is InChI=1S/C16H21NOS/c1-2-18-11-9-17-10-12-19-16-8-7-14-5-3-4-6-15(14)13-16/h3-8,13,17H,2,9-12H2,1H3. The van der Waals surface area contributed by atoms with Crippen LogP contribution in [0.1, 0.15) is 6.92 Å². The molecule has 2 aromatic rings. The van der Waals surface area contributed by atoms with Crippen molar-refractivity contribution < 1.29 is 4.74 Å². The first-order valence-electron chi connectivity index (χ1n) is 6.80. The van der Waals surface area contributed by atoms with Gasteiger partial charge >= 0.3 is 0 Å². The molecule has 0 aromatic heterocycles. The van der Waals surface area contributed by atoms with Gasteiger partial charge in [-0.1, -0.05) is 30.3 Å². The lowest BCUT2D eigenvalue weighted by Crippen LogP contribution is -2.22. The van der Waals surface area contributed by atoms with E-state index in [4.69, 9.17) is 4.74 Å². The van der Waals surface area contributed by atoms with Gasteiger partial charge in [0, 0.05) is 30.3 Å². The van der Waals surface area contributed by atoms with Crippen molar-refractivity contribution in [2.24, 2.45) is 0 Å². The lowest BCUT2D eigenvalue weighted by atomic mass is 10.1. The summed E-state index contributed by atoms with van der Waals surface area (Å²) >= 11 is 1.90. The largest absolute Gasteiger partial charge is 0.380 e. The van der Waals surface area contributed by atoms with Crippen LogP contribution in [0.4, 0.5) is 0 Å². The van der Waals surface area contributed by atoms with E-state index < -0.39 is 0 Å². The molecule has 1 N–H and O–H groups in total. The maximum atomic E-state index is 5.28. The van der Waals surface area contributed by atoms with Crippen LogP contribution in [-0.4, -0.2) is 32.1 Å². The second-order valence-electron chi connectivity index (χ2n) is 4.30. The lowest BCUT2D eigenvalue weighted by Gasteiger charge is -2.06. The van der Waals surface area contributed by atoms with Crippen LogP contribution in [0.2, 0.25) is 0 Å². The van der Waals surface area contributed by atoms with Gasteiger partial charge < -0.3 is 10.1 Å². The van der Waals surface area contributed by atoms with E-state index in [2.05, 4.69) is 47.8 Å². The molecule has 2 aromatic carbocycles. The minimum absolute atomic E-state index is 0.799. The molecule has 3 heteroatoms. The Labute approximate surface area is 119 Å². The van der Waals surface area contributed by atoms with Gasteiger partial charge in [0.15, 0.2) is 0 Å². The second-order valence-corrected chi connectivity index (χ2v) is 5.47. The molecule has 0 aliphatic rings. The molecule has 0 bridgehead atoms. The van der Waals surface area contributed by atoms with Gasteiger partial charge in [-0.05, 0) is 29.8 Å². The number of benzene rings is 2. The average Bonchev–Trinajstić information content (AvgIpc) is 2.46. The Morgan fingerprint density at radius 2 is 1.89 bits per heavy atom. The summed E-state index contributed by atoms with van der Waals surface area (Å²) < 4.78 is 5.28. The Morgan fingerprint density at radius 1 is 1.05 bits per heavy atom. The first-order chi connectivity index (χ1) is 9.40. The third kappa shape index (κ3) is 4.86. The van der Waals surface area contributed by atoms with E-state index in [1.807, 2.05) is 18.7 Å². The predicted molar refractivity (Wildman–Crippen MR) is 84.0 cm³/mol. The Balaban J connectivity index is 1.72. The molecule has 0 aliphatic heterocycles. The van der Waals surface area contributed by atoms with Crippen LogP contribution in [0.5, 0.6) is 0 Å². The van der Waals surface area contributed by atoms with Crippen molar-refractivity contribution in [3.63, 3.8) is 0 Å². The Hall–Kier alpha value is -1.03. The minimum atomic E-state index is 0.799. The third-order valence-electron chi connectivity index (χ3n) is 2.90. The molecule has 102 valence electrons.